The summed E-state index contributed by atoms with van der Waals surface area (Å²) in [6.45, 7) is 4.38. The largest absolute Gasteiger partial charge is 0.356 e. The summed E-state index contributed by atoms with van der Waals surface area (Å²) in [5.74, 6) is 0.631. The molecule has 1 aliphatic carbocycles. The summed E-state index contributed by atoms with van der Waals surface area (Å²) >= 11 is 0. The monoisotopic (exact) mass is 309 g/mol. The Morgan fingerprint density at radius 2 is 1.82 bits per heavy atom. The fraction of sp³-hybridized carbons (Fsp3) is 0.882. The molecule has 2 fully saturated rings. The number of piperidine rings is 1. The Balaban J connectivity index is 1.68. The maximum absolute atomic E-state index is 12.4. The van der Waals surface area contributed by atoms with Crippen LogP contribution in [0.5, 0.6) is 0 Å². The Morgan fingerprint density at radius 1 is 1.09 bits per heavy atom. The maximum Gasteiger partial charge on any atom is 0.225 e. The molecule has 1 saturated carbocycles. The number of nitrogens with one attached hydrogen (secondary N) is 1. The minimum atomic E-state index is 0.0801. The molecule has 2 unspecified atom stereocenters. The molecular weight excluding hydrogens is 278 g/mol. The highest BCUT2D eigenvalue weighted by Gasteiger charge is 2.33. The number of nitrogens with zero attached hydrogens (tertiary/aromatic N) is 1. The molecule has 22 heavy (non-hydrogen) atoms. The third kappa shape index (κ3) is 4.70. The minimum absolute atomic E-state index is 0.0801. The molecule has 2 atom stereocenters. The third-order valence-electron chi connectivity index (χ3n) is 5.08. The van der Waals surface area contributed by atoms with Crippen LogP contribution in [-0.4, -0.2) is 42.4 Å². The lowest BCUT2D eigenvalue weighted by Crippen LogP contribution is -2.45. The van der Waals surface area contributed by atoms with Crippen LogP contribution in [0, 0.1) is 11.8 Å². The van der Waals surface area contributed by atoms with E-state index in [1.807, 2.05) is 4.90 Å². The molecule has 126 valence electrons. The zero-order chi connectivity index (χ0) is 15.9. The van der Waals surface area contributed by atoms with Crippen LogP contribution in [0.2, 0.25) is 0 Å². The first kappa shape index (κ1) is 17.3. The number of unbranched alkanes of at least 4 members (excludes halogenated alkanes) is 2. The fourth-order valence-corrected chi connectivity index (χ4v) is 3.59. The number of amides is 2. The fourth-order valence-electron chi connectivity index (χ4n) is 3.59. The zero-order valence-electron chi connectivity index (χ0n) is 13.9. The van der Waals surface area contributed by atoms with Crippen molar-refractivity contribution in [1.29, 1.82) is 0 Å². The molecule has 0 aromatic heterocycles. The van der Waals surface area contributed by atoms with Crippen LogP contribution in [0.3, 0.4) is 0 Å². The van der Waals surface area contributed by atoms with Crippen LogP contribution in [0.4, 0.5) is 0 Å². The SMILES string of the molecule is CCCCCNC(=O)C1CCN(C(=O)C2CCC(N)C2)CC1. The van der Waals surface area contributed by atoms with E-state index in [1.54, 1.807) is 0 Å². The van der Waals surface area contributed by atoms with Gasteiger partial charge >= 0.3 is 0 Å². The molecule has 0 bridgehead atoms. The lowest BCUT2D eigenvalue weighted by Gasteiger charge is -2.33. The molecule has 2 rings (SSSR count). The summed E-state index contributed by atoms with van der Waals surface area (Å²) in [6, 6.07) is 0.195. The Labute approximate surface area is 134 Å². The second-order valence-electron chi connectivity index (χ2n) is 6.87. The van der Waals surface area contributed by atoms with Crippen LogP contribution >= 0.6 is 0 Å². The molecule has 0 spiro atoms. The van der Waals surface area contributed by atoms with Gasteiger partial charge in [0.05, 0.1) is 0 Å². The van der Waals surface area contributed by atoms with Crippen LogP contribution in [0.1, 0.15) is 58.3 Å². The van der Waals surface area contributed by atoms with Gasteiger partial charge in [0.15, 0.2) is 0 Å². The van der Waals surface area contributed by atoms with Crippen LogP contribution in [0.25, 0.3) is 0 Å². The van der Waals surface area contributed by atoms with Crippen molar-refractivity contribution in [3.8, 4) is 0 Å². The highest BCUT2D eigenvalue weighted by molar-refractivity contribution is 5.81. The molecule has 2 amide bonds. The van der Waals surface area contributed by atoms with Crippen molar-refractivity contribution in [1.82, 2.24) is 10.2 Å². The van der Waals surface area contributed by atoms with E-state index in [9.17, 15) is 9.59 Å². The topological polar surface area (TPSA) is 75.4 Å². The minimum Gasteiger partial charge on any atom is -0.356 e. The van der Waals surface area contributed by atoms with E-state index >= 15 is 0 Å². The van der Waals surface area contributed by atoms with E-state index < -0.39 is 0 Å². The summed E-state index contributed by atoms with van der Waals surface area (Å²) in [5.41, 5.74) is 5.90. The lowest BCUT2D eigenvalue weighted by molar-refractivity contribution is -0.139. The quantitative estimate of drug-likeness (QED) is 0.733. The summed E-state index contributed by atoms with van der Waals surface area (Å²) < 4.78 is 0. The van der Waals surface area contributed by atoms with Crippen LogP contribution in [0.15, 0.2) is 0 Å². The van der Waals surface area contributed by atoms with Crippen molar-refractivity contribution in [2.45, 2.75) is 64.3 Å². The van der Waals surface area contributed by atoms with Gasteiger partial charge in [-0.05, 0) is 38.5 Å². The number of hydrogen-bond acceptors (Lipinski definition) is 3. The van der Waals surface area contributed by atoms with E-state index in [2.05, 4.69) is 12.2 Å². The maximum atomic E-state index is 12.4. The molecule has 2 aliphatic rings. The van der Waals surface area contributed by atoms with Gasteiger partial charge in [-0.3, -0.25) is 9.59 Å². The predicted molar refractivity (Wildman–Crippen MR) is 87.2 cm³/mol. The van der Waals surface area contributed by atoms with Gasteiger partial charge in [0.25, 0.3) is 0 Å². The standard InChI is InChI=1S/C17H31N3O2/c1-2-3-4-9-19-16(21)13-7-10-20(11-8-13)17(22)14-5-6-15(18)12-14/h13-15H,2-12,18H2,1H3,(H,19,21). The molecule has 1 heterocycles. The van der Waals surface area contributed by atoms with Crippen LogP contribution in [-0.2, 0) is 9.59 Å². The van der Waals surface area contributed by atoms with Gasteiger partial charge in [0.2, 0.25) is 11.8 Å². The summed E-state index contributed by atoms with van der Waals surface area (Å²) in [5, 5.41) is 3.03. The van der Waals surface area contributed by atoms with Crippen molar-refractivity contribution in [3.63, 3.8) is 0 Å². The van der Waals surface area contributed by atoms with Gasteiger partial charge in [-0.2, -0.15) is 0 Å². The van der Waals surface area contributed by atoms with Crippen LogP contribution < -0.4 is 11.1 Å². The number of hydrogen-bond donors (Lipinski definition) is 2. The van der Waals surface area contributed by atoms with Gasteiger partial charge in [-0.25, -0.2) is 0 Å². The van der Waals surface area contributed by atoms with E-state index in [4.69, 9.17) is 5.73 Å². The first-order valence-corrected chi connectivity index (χ1v) is 8.94. The number of nitrogens with two attached hydrogens (primary N) is 1. The number of rotatable bonds is 6. The van der Waals surface area contributed by atoms with E-state index in [1.165, 1.54) is 6.42 Å². The average molecular weight is 309 g/mol. The molecule has 5 heteroatoms. The molecule has 0 radical (unpaired) electrons. The second kappa shape index (κ2) is 8.51. The number of carbonyl (C=O) groups is 2. The van der Waals surface area contributed by atoms with Crippen molar-refractivity contribution in [2.75, 3.05) is 19.6 Å². The molecule has 1 aliphatic heterocycles. The van der Waals surface area contributed by atoms with Crippen molar-refractivity contribution < 1.29 is 9.59 Å². The van der Waals surface area contributed by atoms with Crippen molar-refractivity contribution >= 4 is 11.8 Å². The first-order chi connectivity index (χ1) is 10.6. The molecule has 3 N–H and O–H groups in total. The van der Waals surface area contributed by atoms with Crippen molar-refractivity contribution in [2.24, 2.45) is 17.6 Å². The van der Waals surface area contributed by atoms with Gasteiger partial charge < -0.3 is 16.0 Å². The van der Waals surface area contributed by atoms with E-state index in [0.717, 1.165) is 64.6 Å². The second-order valence-corrected chi connectivity index (χ2v) is 6.87. The van der Waals surface area contributed by atoms with Gasteiger partial charge in [-0.1, -0.05) is 19.8 Å². The van der Waals surface area contributed by atoms with Gasteiger partial charge in [-0.15, -0.1) is 0 Å². The lowest BCUT2D eigenvalue weighted by atomic mass is 9.94. The zero-order valence-corrected chi connectivity index (χ0v) is 13.9. The van der Waals surface area contributed by atoms with E-state index in [0.29, 0.717) is 0 Å². The Morgan fingerprint density at radius 3 is 2.41 bits per heavy atom. The molecular formula is C17H31N3O2. The van der Waals surface area contributed by atoms with Gasteiger partial charge in [0, 0.05) is 37.5 Å². The van der Waals surface area contributed by atoms with Crippen molar-refractivity contribution in [3.05, 3.63) is 0 Å². The molecule has 0 aromatic rings. The third-order valence-corrected chi connectivity index (χ3v) is 5.08. The normalized spacial score (nSPS) is 26.2. The average Bonchev–Trinajstić information content (AvgIpc) is 2.97. The first-order valence-electron chi connectivity index (χ1n) is 8.94. The molecule has 5 nitrogen and oxygen atoms in total. The highest BCUT2D eigenvalue weighted by Crippen LogP contribution is 2.28. The molecule has 1 saturated heterocycles. The van der Waals surface area contributed by atoms with E-state index in [-0.39, 0.29) is 29.7 Å². The molecule has 0 aromatic carbocycles. The number of likely N-dealkylation sites (tertiary alicyclic amines) is 1. The summed E-state index contributed by atoms with van der Waals surface area (Å²) in [6.07, 6.45) is 7.70. The summed E-state index contributed by atoms with van der Waals surface area (Å²) in [4.78, 5) is 26.5. The number of carbonyl (C=O) groups excluding carboxylic acids is 2. The smallest absolute Gasteiger partial charge is 0.225 e. The predicted octanol–water partition coefficient (Wildman–Crippen LogP) is 1.66. The van der Waals surface area contributed by atoms with Gasteiger partial charge in [0.1, 0.15) is 0 Å². The Hall–Kier alpha value is -1.10. The summed E-state index contributed by atoms with van der Waals surface area (Å²) in [7, 11) is 0. The Bertz CT molecular complexity index is 378. The highest BCUT2D eigenvalue weighted by atomic mass is 16.2. The Kier molecular flexibility index (Phi) is 6.68.